The molecule has 0 unspecified atom stereocenters. The Kier molecular flexibility index (Phi) is 3.84. The zero-order valence-electron chi connectivity index (χ0n) is 10.1. The molecule has 1 N–H and O–H groups in total. The number of hydrogen-bond donors (Lipinski definition) is 1. The second-order valence-corrected chi connectivity index (χ2v) is 6.58. The van der Waals surface area contributed by atoms with E-state index in [0.717, 1.165) is 0 Å². The summed E-state index contributed by atoms with van der Waals surface area (Å²) in [6.45, 7) is 1.73. The maximum Gasteiger partial charge on any atom is 0.281 e. The van der Waals surface area contributed by atoms with Gasteiger partial charge in [0, 0.05) is 12.1 Å². The smallest absolute Gasteiger partial charge is 0.278 e. The largest absolute Gasteiger partial charge is 0.281 e. The van der Waals surface area contributed by atoms with Crippen molar-refractivity contribution >= 4 is 43.2 Å². The first-order valence-corrected chi connectivity index (χ1v) is 7.81. The third-order valence-corrected chi connectivity index (χ3v) is 5.17. The van der Waals surface area contributed by atoms with Crippen molar-refractivity contribution in [2.24, 2.45) is 7.05 Å². The van der Waals surface area contributed by atoms with Crippen LogP contribution < -0.4 is 4.72 Å². The van der Waals surface area contributed by atoms with Crippen molar-refractivity contribution in [2.75, 3.05) is 4.72 Å². The highest BCUT2D eigenvalue weighted by atomic mass is 79.9. The minimum atomic E-state index is -3.79. The van der Waals surface area contributed by atoms with Crippen molar-refractivity contribution in [3.8, 4) is 0 Å². The molecule has 0 amide bonds. The van der Waals surface area contributed by atoms with Crippen molar-refractivity contribution in [3.63, 3.8) is 0 Å². The first-order chi connectivity index (χ1) is 8.83. The van der Waals surface area contributed by atoms with E-state index >= 15 is 0 Å². The number of halogens is 2. The summed E-state index contributed by atoms with van der Waals surface area (Å²) < 4.78 is 28.4. The van der Waals surface area contributed by atoms with E-state index < -0.39 is 10.0 Å². The molecule has 9 heteroatoms. The number of hydrogen-bond acceptors (Lipinski definition) is 4. The number of aromatic nitrogens is 3. The molecular formula is C10H10BrClN4O2S. The highest BCUT2D eigenvalue weighted by molar-refractivity contribution is 9.10. The van der Waals surface area contributed by atoms with Gasteiger partial charge >= 0.3 is 0 Å². The van der Waals surface area contributed by atoms with E-state index in [-0.39, 0.29) is 9.63 Å². The first-order valence-electron chi connectivity index (χ1n) is 5.16. The molecule has 0 saturated heterocycles. The van der Waals surface area contributed by atoms with Gasteiger partial charge in [-0.05, 0) is 40.5 Å². The van der Waals surface area contributed by atoms with Gasteiger partial charge in [0.1, 0.15) is 0 Å². The van der Waals surface area contributed by atoms with Crippen LogP contribution in [0.15, 0.2) is 27.8 Å². The number of benzene rings is 1. The van der Waals surface area contributed by atoms with E-state index in [0.29, 0.717) is 16.3 Å². The zero-order valence-corrected chi connectivity index (χ0v) is 13.2. The van der Waals surface area contributed by atoms with E-state index in [2.05, 4.69) is 31.0 Å². The second kappa shape index (κ2) is 5.10. The Morgan fingerprint density at radius 1 is 1.42 bits per heavy atom. The molecule has 0 saturated carbocycles. The highest BCUT2D eigenvalue weighted by Gasteiger charge is 2.24. The second-order valence-electron chi connectivity index (χ2n) is 3.83. The van der Waals surface area contributed by atoms with Gasteiger partial charge in [-0.15, -0.1) is 5.10 Å². The molecule has 6 nitrogen and oxygen atoms in total. The molecule has 0 aliphatic heterocycles. The minimum Gasteiger partial charge on any atom is -0.278 e. The van der Waals surface area contributed by atoms with E-state index in [1.165, 1.54) is 11.7 Å². The number of nitrogens with one attached hydrogen (secondary N) is 1. The van der Waals surface area contributed by atoms with E-state index in [1.54, 1.807) is 25.1 Å². The average Bonchev–Trinajstić information content (AvgIpc) is 2.65. The fourth-order valence-corrected chi connectivity index (χ4v) is 3.91. The third kappa shape index (κ3) is 2.75. The monoisotopic (exact) mass is 364 g/mol. The molecule has 0 fully saturated rings. The molecule has 1 heterocycles. The van der Waals surface area contributed by atoms with Gasteiger partial charge in [-0.25, -0.2) is 4.68 Å². The number of anilines is 1. The lowest BCUT2D eigenvalue weighted by atomic mass is 10.2. The van der Waals surface area contributed by atoms with Crippen LogP contribution in [0.2, 0.25) is 5.02 Å². The highest BCUT2D eigenvalue weighted by Crippen LogP contribution is 2.26. The van der Waals surface area contributed by atoms with Crippen LogP contribution in [0.4, 0.5) is 5.69 Å². The van der Waals surface area contributed by atoms with Crippen molar-refractivity contribution in [1.82, 2.24) is 15.0 Å². The van der Waals surface area contributed by atoms with E-state index in [9.17, 15) is 8.42 Å². The third-order valence-electron chi connectivity index (χ3n) is 2.50. The zero-order chi connectivity index (χ0) is 14.2. The summed E-state index contributed by atoms with van der Waals surface area (Å²) in [6.07, 6.45) is 0. The van der Waals surface area contributed by atoms with Gasteiger partial charge < -0.3 is 0 Å². The average molecular weight is 366 g/mol. The molecule has 19 heavy (non-hydrogen) atoms. The van der Waals surface area contributed by atoms with Crippen LogP contribution in [0.5, 0.6) is 0 Å². The van der Waals surface area contributed by atoms with Crippen LogP contribution in [0.3, 0.4) is 0 Å². The van der Waals surface area contributed by atoms with Gasteiger partial charge in [0.25, 0.3) is 10.0 Å². The van der Waals surface area contributed by atoms with Gasteiger partial charge in [0.05, 0.1) is 5.69 Å². The summed E-state index contributed by atoms with van der Waals surface area (Å²) in [5, 5.41) is 7.73. The molecule has 2 rings (SSSR count). The SMILES string of the molecule is Cc1c(Cl)cccc1NS(=O)(=O)c1c(Br)nnn1C. The van der Waals surface area contributed by atoms with Crippen molar-refractivity contribution in [2.45, 2.75) is 11.9 Å². The number of nitrogens with zero attached hydrogens (tertiary/aromatic N) is 3. The van der Waals surface area contributed by atoms with E-state index in [1.807, 2.05) is 0 Å². The molecule has 1 aromatic heterocycles. The fourth-order valence-electron chi connectivity index (χ4n) is 1.52. The molecule has 2 aromatic rings. The standard InChI is InChI=1S/C10H10BrClN4O2S/c1-6-7(12)4-3-5-8(6)14-19(17,18)10-9(11)13-15-16(10)2/h3-5,14H,1-2H3. The molecule has 0 aliphatic carbocycles. The van der Waals surface area contributed by atoms with Gasteiger partial charge in [0.2, 0.25) is 5.03 Å². The lowest BCUT2D eigenvalue weighted by Gasteiger charge is -2.11. The van der Waals surface area contributed by atoms with Crippen LogP contribution in [0.25, 0.3) is 0 Å². The van der Waals surface area contributed by atoms with Crippen molar-refractivity contribution in [1.29, 1.82) is 0 Å². The predicted molar refractivity (Wildman–Crippen MR) is 75.7 cm³/mol. The number of aryl methyl sites for hydroxylation is 1. The molecule has 0 aliphatic rings. The van der Waals surface area contributed by atoms with Gasteiger partial charge in [-0.2, -0.15) is 8.42 Å². The summed E-state index contributed by atoms with van der Waals surface area (Å²) in [4.78, 5) is 0. The molecule has 102 valence electrons. The molecule has 1 aromatic carbocycles. The predicted octanol–water partition coefficient (Wildman–Crippen LogP) is 2.34. The quantitative estimate of drug-likeness (QED) is 0.905. The van der Waals surface area contributed by atoms with E-state index in [4.69, 9.17) is 11.6 Å². The van der Waals surface area contributed by atoms with Crippen molar-refractivity contribution in [3.05, 3.63) is 33.4 Å². The van der Waals surface area contributed by atoms with Crippen LogP contribution >= 0.6 is 27.5 Å². The Hall–Kier alpha value is -1.12. The Labute approximate surface area is 123 Å². The molecule has 0 bridgehead atoms. The minimum absolute atomic E-state index is 0.0492. The summed E-state index contributed by atoms with van der Waals surface area (Å²) in [5.74, 6) is 0. The summed E-state index contributed by atoms with van der Waals surface area (Å²) >= 11 is 9.02. The Balaban J connectivity index is 2.46. The Bertz CT molecular complexity index is 710. The normalized spacial score (nSPS) is 11.6. The molecule has 0 spiro atoms. The number of rotatable bonds is 3. The van der Waals surface area contributed by atoms with Crippen molar-refractivity contribution < 1.29 is 8.42 Å². The fraction of sp³-hybridized carbons (Fsp3) is 0.200. The van der Waals surface area contributed by atoms with Gasteiger partial charge in [0.15, 0.2) is 4.60 Å². The maximum absolute atomic E-state index is 12.3. The first kappa shape index (κ1) is 14.3. The Morgan fingerprint density at radius 3 is 2.68 bits per heavy atom. The topological polar surface area (TPSA) is 76.9 Å². The summed E-state index contributed by atoms with van der Waals surface area (Å²) in [6, 6.07) is 5.00. The lowest BCUT2D eigenvalue weighted by Crippen LogP contribution is -2.17. The lowest BCUT2D eigenvalue weighted by molar-refractivity contribution is 0.578. The Morgan fingerprint density at radius 2 is 2.11 bits per heavy atom. The van der Waals surface area contributed by atoms with Crippen LogP contribution in [0.1, 0.15) is 5.56 Å². The van der Waals surface area contributed by atoms with Crippen LogP contribution in [-0.4, -0.2) is 23.4 Å². The summed E-state index contributed by atoms with van der Waals surface area (Å²) in [7, 11) is -2.29. The van der Waals surface area contributed by atoms with Crippen LogP contribution in [-0.2, 0) is 17.1 Å². The molecule has 0 radical (unpaired) electrons. The van der Waals surface area contributed by atoms with Crippen LogP contribution in [0, 0.1) is 6.92 Å². The molecule has 0 atom stereocenters. The summed E-state index contributed by atoms with van der Waals surface area (Å²) in [5.41, 5.74) is 1.07. The maximum atomic E-state index is 12.3. The molecular weight excluding hydrogens is 356 g/mol. The number of sulfonamides is 1. The van der Waals surface area contributed by atoms with Gasteiger partial charge in [-0.3, -0.25) is 4.72 Å². The van der Waals surface area contributed by atoms with Gasteiger partial charge in [-0.1, -0.05) is 22.9 Å².